The number of carbonyl (C=O) groups excluding carboxylic acids is 1. The van der Waals surface area contributed by atoms with E-state index >= 15 is 0 Å². The van der Waals surface area contributed by atoms with Gasteiger partial charge in [-0.3, -0.25) is 9.36 Å². The molecule has 0 radical (unpaired) electrons. The van der Waals surface area contributed by atoms with Crippen LogP contribution in [0.2, 0.25) is 5.02 Å². The standard InChI is InChI=1S/C23H25ClN4O3S/c1-4-12-25-22(29)15-32-23-27-26-21(28(23)17-7-6-16(3)20(24)13-17)14-31-19-10-8-18(9-11-19)30-5-2/h4,6-11,13H,1,5,12,14-15H2,2-3H3,(H,25,29). The summed E-state index contributed by atoms with van der Waals surface area (Å²) in [6.45, 7) is 8.69. The van der Waals surface area contributed by atoms with E-state index in [2.05, 4.69) is 22.1 Å². The Morgan fingerprint density at radius 2 is 1.91 bits per heavy atom. The fourth-order valence-electron chi connectivity index (χ4n) is 2.78. The smallest absolute Gasteiger partial charge is 0.230 e. The Kier molecular flexibility index (Phi) is 8.58. The number of rotatable bonds is 11. The predicted octanol–water partition coefficient (Wildman–Crippen LogP) is 4.60. The van der Waals surface area contributed by atoms with Gasteiger partial charge in [-0.15, -0.1) is 16.8 Å². The third-order valence-electron chi connectivity index (χ3n) is 4.39. The van der Waals surface area contributed by atoms with Gasteiger partial charge in [0, 0.05) is 11.6 Å². The molecule has 9 heteroatoms. The summed E-state index contributed by atoms with van der Waals surface area (Å²) in [4.78, 5) is 12.0. The van der Waals surface area contributed by atoms with Crippen molar-refractivity contribution in [2.45, 2.75) is 25.6 Å². The average Bonchev–Trinajstić information content (AvgIpc) is 3.20. The highest BCUT2D eigenvalue weighted by atomic mass is 35.5. The Bertz CT molecular complexity index is 1070. The van der Waals surface area contributed by atoms with Crippen molar-refractivity contribution < 1.29 is 14.3 Å². The summed E-state index contributed by atoms with van der Waals surface area (Å²) in [5.74, 6) is 2.14. The molecule has 2 aromatic carbocycles. The number of hydrogen-bond acceptors (Lipinski definition) is 6. The molecule has 1 heterocycles. The molecule has 0 saturated heterocycles. The van der Waals surface area contributed by atoms with Gasteiger partial charge in [0.25, 0.3) is 0 Å². The van der Waals surface area contributed by atoms with Gasteiger partial charge in [0.15, 0.2) is 11.0 Å². The maximum Gasteiger partial charge on any atom is 0.230 e. The Morgan fingerprint density at radius 3 is 2.56 bits per heavy atom. The molecular weight excluding hydrogens is 448 g/mol. The van der Waals surface area contributed by atoms with Crippen molar-refractivity contribution in [1.82, 2.24) is 20.1 Å². The van der Waals surface area contributed by atoms with Crippen molar-refractivity contribution in [2.24, 2.45) is 0 Å². The van der Waals surface area contributed by atoms with E-state index in [0.29, 0.717) is 34.9 Å². The van der Waals surface area contributed by atoms with Gasteiger partial charge in [-0.05, 0) is 55.8 Å². The Labute approximate surface area is 196 Å². The van der Waals surface area contributed by atoms with Crippen LogP contribution in [0, 0.1) is 6.92 Å². The molecule has 0 fully saturated rings. The molecule has 32 heavy (non-hydrogen) atoms. The van der Waals surface area contributed by atoms with Crippen molar-refractivity contribution in [2.75, 3.05) is 18.9 Å². The SMILES string of the molecule is C=CCNC(=O)CSc1nnc(COc2ccc(OCC)cc2)n1-c1ccc(C)c(Cl)c1. The van der Waals surface area contributed by atoms with E-state index in [1.54, 1.807) is 6.08 Å². The van der Waals surface area contributed by atoms with E-state index in [9.17, 15) is 4.79 Å². The minimum absolute atomic E-state index is 0.112. The van der Waals surface area contributed by atoms with Crippen molar-refractivity contribution in [3.63, 3.8) is 0 Å². The number of nitrogens with one attached hydrogen (secondary N) is 1. The van der Waals surface area contributed by atoms with Gasteiger partial charge in [0.05, 0.1) is 18.0 Å². The number of ether oxygens (including phenoxy) is 2. The van der Waals surface area contributed by atoms with E-state index < -0.39 is 0 Å². The van der Waals surface area contributed by atoms with Crippen LogP contribution < -0.4 is 14.8 Å². The lowest BCUT2D eigenvalue weighted by molar-refractivity contribution is -0.118. The normalized spacial score (nSPS) is 10.6. The van der Waals surface area contributed by atoms with Crippen LogP contribution >= 0.6 is 23.4 Å². The lowest BCUT2D eigenvalue weighted by Gasteiger charge is -2.12. The first-order chi connectivity index (χ1) is 15.5. The first-order valence-corrected chi connectivity index (χ1v) is 11.4. The van der Waals surface area contributed by atoms with Gasteiger partial charge in [0.2, 0.25) is 5.91 Å². The number of halogens is 1. The van der Waals surface area contributed by atoms with Crippen LogP contribution in [0.3, 0.4) is 0 Å². The molecule has 1 N–H and O–H groups in total. The van der Waals surface area contributed by atoms with Gasteiger partial charge in [0.1, 0.15) is 18.1 Å². The summed E-state index contributed by atoms with van der Waals surface area (Å²) in [5, 5.41) is 12.5. The number of hydrogen-bond donors (Lipinski definition) is 1. The number of aromatic nitrogens is 3. The molecule has 0 saturated carbocycles. The maximum atomic E-state index is 12.0. The number of amides is 1. The molecule has 1 amide bonds. The van der Waals surface area contributed by atoms with Crippen LogP contribution in [0.1, 0.15) is 18.3 Å². The molecule has 1 aromatic heterocycles. The third kappa shape index (κ3) is 6.27. The molecule has 0 aliphatic rings. The number of aryl methyl sites for hydroxylation is 1. The third-order valence-corrected chi connectivity index (χ3v) is 5.73. The summed E-state index contributed by atoms with van der Waals surface area (Å²) >= 11 is 7.64. The molecule has 0 unspecified atom stereocenters. The van der Waals surface area contributed by atoms with E-state index in [0.717, 1.165) is 17.0 Å². The van der Waals surface area contributed by atoms with Crippen molar-refractivity contribution in [1.29, 1.82) is 0 Å². The summed E-state index contributed by atoms with van der Waals surface area (Å²) in [6.07, 6.45) is 1.63. The first kappa shape index (κ1) is 23.7. The van der Waals surface area contributed by atoms with Gasteiger partial charge < -0.3 is 14.8 Å². The van der Waals surface area contributed by atoms with Crippen molar-refractivity contribution in [3.05, 3.63) is 71.5 Å². The predicted molar refractivity (Wildman–Crippen MR) is 127 cm³/mol. The van der Waals surface area contributed by atoms with Crippen LogP contribution in [0.4, 0.5) is 0 Å². The molecule has 0 spiro atoms. The minimum atomic E-state index is -0.112. The molecule has 168 valence electrons. The monoisotopic (exact) mass is 472 g/mol. The molecule has 3 aromatic rings. The summed E-state index contributed by atoms with van der Waals surface area (Å²) in [7, 11) is 0. The zero-order valence-corrected chi connectivity index (χ0v) is 19.6. The molecule has 3 rings (SSSR count). The second kappa shape index (κ2) is 11.6. The second-order valence-electron chi connectivity index (χ2n) is 6.74. The number of nitrogens with zero attached hydrogens (tertiary/aromatic N) is 3. The highest BCUT2D eigenvalue weighted by molar-refractivity contribution is 7.99. The molecule has 0 atom stereocenters. The van der Waals surface area contributed by atoms with Gasteiger partial charge >= 0.3 is 0 Å². The van der Waals surface area contributed by atoms with Gasteiger partial charge in [-0.1, -0.05) is 35.5 Å². The topological polar surface area (TPSA) is 78.3 Å². The Balaban J connectivity index is 1.81. The van der Waals surface area contributed by atoms with Crippen LogP contribution in [0.15, 0.2) is 60.3 Å². The molecule has 7 nitrogen and oxygen atoms in total. The maximum absolute atomic E-state index is 12.0. The quantitative estimate of drug-likeness (QED) is 0.324. The molecule has 0 aliphatic carbocycles. The van der Waals surface area contributed by atoms with E-state index in [1.165, 1.54) is 11.8 Å². The van der Waals surface area contributed by atoms with Gasteiger partial charge in [-0.25, -0.2) is 0 Å². The van der Waals surface area contributed by atoms with Crippen LogP contribution in [-0.4, -0.2) is 39.6 Å². The Morgan fingerprint density at radius 1 is 1.19 bits per heavy atom. The zero-order valence-electron chi connectivity index (χ0n) is 18.0. The van der Waals surface area contributed by atoms with Crippen molar-refractivity contribution in [3.8, 4) is 17.2 Å². The number of thioether (sulfide) groups is 1. The summed E-state index contributed by atoms with van der Waals surface area (Å²) < 4.78 is 13.2. The van der Waals surface area contributed by atoms with Crippen LogP contribution in [0.5, 0.6) is 11.5 Å². The lowest BCUT2D eigenvalue weighted by atomic mass is 10.2. The molecule has 0 aliphatic heterocycles. The lowest BCUT2D eigenvalue weighted by Crippen LogP contribution is -2.25. The highest BCUT2D eigenvalue weighted by Crippen LogP contribution is 2.26. The largest absolute Gasteiger partial charge is 0.494 e. The zero-order chi connectivity index (χ0) is 22.9. The highest BCUT2D eigenvalue weighted by Gasteiger charge is 2.17. The van der Waals surface area contributed by atoms with Crippen LogP contribution in [0.25, 0.3) is 5.69 Å². The molecule has 0 bridgehead atoms. The average molecular weight is 473 g/mol. The number of benzene rings is 2. The minimum Gasteiger partial charge on any atom is -0.494 e. The fraction of sp³-hybridized carbons (Fsp3) is 0.261. The van der Waals surface area contributed by atoms with Crippen LogP contribution in [-0.2, 0) is 11.4 Å². The summed E-state index contributed by atoms with van der Waals surface area (Å²) in [5.41, 5.74) is 1.76. The fourth-order valence-corrected chi connectivity index (χ4v) is 3.76. The van der Waals surface area contributed by atoms with E-state index in [4.69, 9.17) is 21.1 Å². The molecular formula is C23H25ClN4O3S. The van der Waals surface area contributed by atoms with Crippen molar-refractivity contribution >= 4 is 29.3 Å². The Hall–Kier alpha value is -2.97. The van der Waals surface area contributed by atoms with Gasteiger partial charge in [-0.2, -0.15) is 0 Å². The van der Waals surface area contributed by atoms with E-state index in [1.807, 2.05) is 60.9 Å². The second-order valence-corrected chi connectivity index (χ2v) is 8.09. The first-order valence-electron chi connectivity index (χ1n) is 10.1. The van der Waals surface area contributed by atoms with E-state index in [-0.39, 0.29) is 18.3 Å². The summed E-state index contributed by atoms with van der Waals surface area (Å²) in [6, 6.07) is 13.1. The number of carbonyl (C=O) groups is 1.